The molecule has 1 aromatic heterocycles. The minimum absolute atomic E-state index is 0.0792. The Morgan fingerprint density at radius 1 is 1.14 bits per heavy atom. The summed E-state index contributed by atoms with van der Waals surface area (Å²) in [4.78, 5) is 15.4. The number of ether oxygens (including phenoxy) is 1. The number of H-pyrrole nitrogens is 1. The fourth-order valence-electron chi connectivity index (χ4n) is 2.55. The lowest BCUT2D eigenvalue weighted by Gasteiger charge is -2.00. The van der Waals surface area contributed by atoms with E-state index < -0.39 is 0 Å². The van der Waals surface area contributed by atoms with Crippen molar-refractivity contribution in [3.05, 3.63) is 65.5 Å². The molecular weight excluding hydrogens is 266 g/mol. The predicted octanol–water partition coefficient (Wildman–Crippen LogP) is 3.49. The molecule has 1 aliphatic heterocycles. The predicted molar refractivity (Wildman–Crippen MR) is 79.3 cm³/mol. The van der Waals surface area contributed by atoms with Crippen LogP contribution in [0, 0.1) is 0 Å². The number of aromatic amines is 1. The zero-order valence-corrected chi connectivity index (χ0v) is 11.0. The molecule has 0 amide bonds. The zero-order valence-electron chi connectivity index (χ0n) is 11.0. The maximum atomic E-state index is 12.3. The molecule has 0 radical (unpaired) electrons. The summed E-state index contributed by atoms with van der Waals surface area (Å²) in [5.41, 5.74) is 2.39. The summed E-state index contributed by atoms with van der Waals surface area (Å²) in [5.74, 6) is 0.574. The Morgan fingerprint density at radius 3 is 2.95 bits per heavy atom. The summed E-state index contributed by atoms with van der Waals surface area (Å²) in [7, 11) is 0. The van der Waals surface area contributed by atoms with Gasteiger partial charge in [-0.1, -0.05) is 12.1 Å². The van der Waals surface area contributed by atoms with Gasteiger partial charge in [0, 0.05) is 23.2 Å². The minimum Gasteiger partial charge on any atom is -0.508 e. The number of rotatable bonds is 1. The van der Waals surface area contributed by atoms with Crippen molar-refractivity contribution in [1.82, 2.24) is 4.98 Å². The van der Waals surface area contributed by atoms with Crippen molar-refractivity contribution in [2.75, 3.05) is 0 Å². The summed E-state index contributed by atoms with van der Waals surface area (Å²) >= 11 is 0. The number of benzene rings is 2. The minimum atomic E-state index is -0.169. The molecule has 0 spiro atoms. The number of phenolic OH excluding ortho intramolecular Hbond substituents is 1. The maximum Gasteiger partial charge on any atom is 0.231 e. The van der Waals surface area contributed by atoms with E-state index in [1.54, 1.807) is 12.1 Å². The Hall–Kier alpha value is -3.01. The third-order valence-corrected chi connectivity index (χ3v) is 3.57. The van der Waals surface area contributed by atoms with Crippen molar-refractivity contribution in [2.45, 2.75) is 0 Å². The second-order valence-corrected chi connectivity index (χ2v) is 4.91. The highest BCUT2D eigenvalue weighted by molar-refractivity contribution is 6.15. The summed E-state index contributed by atoms with van der Waals surface area (Å²) < 4.78 is 5.57. The monoisotopic (exact) mass is 277 g/mol. The summed E-state index contributed by atoms with van der Waals surface area (Å²) in [6, 6.07) is 12.3. The smallest absolute Gasteiger partial charge is 0.231 e. The molecule has 2 N–H and O–H groups in total. The molecule has 0 fully saturated rings. The van der Waals surface area contributed by atoms with E-state index in [2.05, 4.69) is 4.98 Å². The van der Waals surface area contributed by atoms with Crippen LogP contribution in [-0.4, -0.2) is 15.9 Å². The molecule has 0 saturated heterocycles. The first-order chi connectivity index (χ1) is 10.2. The lowest BCUT2D eigenvalue weighted by molar-refractivity contribution is 0.101. The van der Waals surface area contributed by atoms with E-state index in [-0.39, 0.29) is 17.3 Å². The number of fused-ring (bicyclic) bond motifs is 2. The van der Waals surface area contributed by atoms with Gasteiger partial charge in [-0.3, -0.25) is 4.79 Å². The molecule has 4 nitrogen and oxygen atoms in total. The molecule has 0 unspecified atom stereocenters. The fraction of sp³-hybridized carbons (Fsp3) is 0. The Morgan fingerprint density at radius 2 is 2.05 bits per heavy atom. The van der Waals surface area contributed by atoms with Crippen LogP contribution in [0.1, 0.15) is 15.9 Å². The molecule has 4 rings (SSSR count). The molecule has 2 heterocycles. The van der Waals surface area contributed by atoms with Crippen LogP contribution in [0.3, 0.4) is 0 Å². The van der Waals surface area contributed by atoms with Crippen LogP contribution in [0.2, 0.25) is 0 Å². The van der Waals surface area contributed by atoms with E-state index in [0.29, 0.717) is 11.3 Å². The van der Waals surface area contributed by atoms with Crippen molar-refractivity contribution < 1.29 is 14.6 Å². The first-order valence-electron chi connectivity index (χ1n) is 6.56. The van der Waals surface area contributed by atoms with Gasteiger partial charge in [0.05, 0.1) is 5.56 Å². The number of ketones is 1. The molecule has 21 heavy (non-hydrogen) atoms. The van der Waals surface area contributed by atoms with Crippen LogP contribution in [0.25, 0.3) is 17.0 Å². The van der Waals surface area contributed by atoms with E-state index >= 15 is 0 Å². The third kappa shape index (κ3) is 1.80. The molecular formula is C17H11NO3. The number of carbonyl (C=O) groups is 1. The van der Waals surface area contributed by atoms with Gasteiger partial charge in [0.1, 0.15) is 11.5 Å². The number of aromatic hydroxyl groups is 1. The van der Waals surface area contributed by atoms with Crippen molar-refractivity contribution in [3.63, 3.8) is 0 Å². The first kappa shape index (κ1) is 11.8. The van der Waals surface area contributed by atoms with Gasteiger partial charge in [-0.15, -0.1) is 0 Å². The molecule has 0 saturated carbocycles. The zero-order chi connectivity index (χ0) is 14.4. The number of Topliss-reactive ketones (excluding diaryl/α,β-unsaturated/α-hetero) is 1. The number of aromatic nitrogens is 1. The molecule has 3 aromatic rings. The van der Waals surface area contributed by atoms with Crippen molar-refractivity contribution in [2.24, 2.45) is 0 Å². The highest BCUT2D eigenvalue weighted by Gasteiger charge is 2.27. The Bertz CT molecular complexity index is 905. The molecule has 0 bridgehead atoms. The van der Waals surface area contributed by atoms with Gasteiger partial charge in [0.25, 0.3) is 0 Å². The normalized spacial score (nSPS) is 15.4. The second-order valence-electron chi connectivity index (χ2n) is 4.91. The molecule has 102 valence electrons. The van der Waals surface area contributed by atoms with Crippen LogP contribution < -0.4 is 4.74 Å². The van der Waals surface area contributed by atoms with Crippen LogP contribution in [0.5, 0.6) is 11.5 Å². The number of hydrogen-bond acceptors (Lipinski definition) is 3. The first-order valence-corrected chi connectivity index (χ1v) is 6.56. The number of nitrogens with one attached hydrogen (secondary N) is 1. The van der Waals surface area contributed by atoms with Crippen LogP contribution in [0.4, 0.5) is 0 Å². The van der Waals surface area contributed by atoms with Crippen molar-refractivity contribution in [3.8, 4) is 11.5 Å². The Kier molecular flexibility index (Phi) is 2.38. The SMILES string of the molecule is O=C1/C(=C\c2cccc3[nH]ccc23)Oc2cc(O)ccc21. The van der Waals surface area contributed by atoms with E-state index in [1.165, 1.54) is 12.1 Å². The summed E-state index contributed by atoms with van der Waals surface area (Å²) in [5, 5.41) is 10.5. The van der Waals surface area contributed by atoms with Crippen LogP contribution in [0.15, 0.2) is 54.4 Å². The second kappa shape index (κ2) is 4.24. The van der Waals surface area contributed by atoms with E-state index in [0.717, 1.165) is 16.5 Å². The largest absolute Gasteiger partial charge is 0.508 e. The Labute approximate surface area is 120 Å². The third-order valence-electron chi connectivity index (χ3n) is 3.57. The number of allylic oxidation sites excluding steroid dienone is 1. The fourth-order valence-corrected chi connectivity index (χ4v) is 2.55. The van der Waals surface area contributed by atoms with Gasteiger partial charge in [-0.2, -0.15) is 0 Å². The molecule has 4 heteroatoms. The van der Waals surface area contributed by atoms with Gasteiger partial charge in [-0.25, -0.2) is 0 Å². The standard InChI is InChI=1S/C17H11NO3/c19-11-4-5-13-15(9-11)21-16(17(13)20)8-10-2-1-3-14-12(10)6-7-18-14/h1-9,18-19H/b16-8+. The van der Waals surface area contributed by atoms with Crippen molar-refractivity contribution in [1.29, 1.82) is 0 Å². The highest BCUT2D eigenvalue weighted by atomic mass is 16.5. The van der Waals surface area contributed by atoms with Crippen molar-refractivity contribution >= 4 is 22.8 Å². The summed E-state index contributed by atoms with van der Waals surface area (Å²) in [6.07, 6.45) is 3.59. The quantitative estimate of drug-likeness (QED) is 0.669. The molecule has 0 aliphatic carbocycles. The van der Waals surface area contributed by atoms with Gasteiger partial charge in [0.15, 0.2) is 5.76 Å². The number of phenols is 1. The van der Waals surface area contributed by atoms with Gasteiger partial charge >= 0.3 is 0 Å². The van der Waals surface area contributed by atoms with Gasteiger partial charge in [0.2, 0.25) is 5.78 Å². The topological polar surface area (TPSA) is 62.3 Å². The molecule has 2 aromatic carbocycles. The molecule has 1 aliphatic rings. The maximum absolute atomic E-state index is 12.3. The Balaban J connectivity index is 1.82. The summed E-state index contributed by atoms with van der Waals surface area (Å²) in [6.45, 7) is 0. The number of hydrogen-bond donors (Lipinski definition) is 2. The average Bonchev–Trinajstić information content (AvgIpc) is 3.05. The van der Waals surface area contributed by atoms with Crippen LogP contribution >= 0.6 is 0 Å². The van der Waals surface area contributed by atoms with E-state index in [4.69, 9.17) is 4.74 Å². The number of carbonyl (C=O) groups excluding carboxylic acids is 1. The molecule has 0 atom stereocenters. The van der Waals surface area contributed by atoms with Gasteiger partial charge < -0.3 is 14.8 Å². The van der Waals surface area contributed by atoms with E-state index in [9.17, 15) is 9.90 Å². The van der Waals surface area contributed by atoms with Crippen LogP contribution in [-0.2, 0) is 0 Å². The highest BCUT2D eigenvalue weighted by Crippen LogP contribution is 2.34. The average molecular weight is 277 g/mol. The lowest BCUT2D eigenvalue weighted by atomic mass is 10.1. The van der Waals surface area contributed by atoms with Gasteiger partial charge in [-0.05, 0) is 35.9 Å². The van der Waals surface area contributed by atoms with E-state index in [1.807, 2.05) is 30.5 Å². The lowest BCUT2D eigenvalue weighted by Crippen LogP contribution is -1.98.